The van der Waals surface area contributed by atoms with E-state index in [-0.39, 0.29) is 23.8 Å². The summed E-state index contributed by atoms with van der Waals surface area (Å²) in [5.74, 6) is -0.469. The van der Waals surface area contributed by atoms with Crippen LogP contribution >= 0.6 is 23.2 Å². The highest BCUT2D eigenvalue weighted by molar-refractivity contribution is 6.31. The van der Waals surface area contributed by atoms with Crippen LogP contribution in [-0.4, -0.2) is 23.0 Å². The molecule has 2 rings (SSSR count). The molecule has 0 radical (unpaired) electrons. The van der Waals surface area contributed by atoms with Crippen molar-refractivity contribution >= 4 is 34.8 Å². The largest absolute Gasteiger partial charge is 0.507 e. The molecule has 0 fully saturated rings. The SMILES string of the molecule is CN(Cc1cc(N)ccc1Cl)C(=O)c1cc(Cl)ccc1O. The maximum atomic E-state index is 12.4. The molecule has 110 valence electrons. The van der Waals surface area contributed by atoms with Gasteiger partial charge in [0.15, 0.2) is 0 Å². The Bertz CT molecular complexity index is 689. The highest BCUT2D eigenvalue weighted by atomic mass is 35.5. The molecule has 6 heteroatoms. The van der Waals surface area contributed by atoms with Crippen molar-refractivity contribution in [1.29, 1.82) is 0 Å². The van der Waals surface area contributed by atoms with Gasteiger partial charge in [-0.05, 0) is 42.0 Å². The topological polar surface area (TPSA) is 66.6 Å². The van der Waals surface area contributed by atoms with Crippen molar-refractivity contribution < 1.29 is 9.90 Å². The van der Waals surface area contributed by atoms with E-state index in [1.807, 2.05) is 0 Å². The van der Waals surface area contributed by atoms with E-state index < -0.39 is 0 Å². The summed E-state index contributed by atoms with van der Waals surface area (Å²) in [5, 5.41) is 10.7. The normalized spacial score (nSPS) is 10.4. The van der Waals surface area contributed by atoms with Gasteiger partial charge < -0.3 is 15.7 Å². The molecule has 0 bridgehead atoms. The predicted octanol–water partition coefficient (Wildman–Crippen LogP) is 3.55. The van der Waals surface area contributed by atoms with Gasteiger partial charge in [-0.2, -0.15) is 0 Å². The second-order valence-electron chi connectivity index (χ2n) is 4.67. The van der Waals surface area contributed by atoms with Crippen molar-refractivity contribution in [2.75, 3.05) is 12.8 Å². The van der Waals surface area contributed by atoms with Crippen LogP contribution in [0.25, 0.3) is 0 Å². The zero-order chi connectivity index (χ0) is 15.6. The number of carbonyl (C=O) groups is 1. The fourth-order valence-corrected chi connectivity index (χ4v) is 2.28. The number of nitrogen functional groups attached to an aromatic ring is 1. The van der Waals surface area contributed by atoms with Gasteiger partial charge in [0.2, 0.25) is 0 Å². The summed E-state index contributed by atoms with van der Waals surface area (Å²) < 4.78 is 0. The van der Waals surface area contributed by atoms with E-state index in [9.17, 15) is 9.90 Å². The third-order valence-electron chi connectivity index (χ3n) is 3.01. The third kappa shape index (κ3) is 3.60. The van der Waals surface area contributed by atoms with Crippen molar-refractivity contribution in [1.82, 2.24) is 4.90 Å². The molecule has 2 aromatic carbocycles. The van der Waals surface area contributed by atoms with E-state index in [4.69, 9.17) is 28.9 Å². The Morgan fingerprint density at radius 3 is 2.67 bits per heavy atom. The first kappa shape index (κ1) is 15.5. The molecule has 0 aliphatic rings. The van der Waals surface area contributed by atoms with Gasteiger partial charge in [0.25, 0.3) is 5.91 Å². The number of phenols is 1. The number of hydrogen-bond acceptors (Lipinski definition) is 3. The van der Waals surface area contributed by atoms with E-state index in [1.165, 1.54) is 23.1 Å². The average molecular weight is 325 g/mol. The highest BCUT2D eigenvalue weighted by Crippen LogP contribution is 2.25. The zero-order valence-corrected chi connectivity index (χ0v) is 12.8. The molecule has 0 unspecified atom stereocenters. The Hall–Kier alpha value is -1.91. The molecule has 0 aliphatic carbocycles. The average Bonchev–Trinajstić information content (AvgIpc) is 2.44. The van der Waals surface area contributed by atoms with Gasteiger partial charge >= 0.3 is 0 Å². The molecule has 0 aromatic heterocycles. The number of carbonyl (C=O) groups excluding carboxylic acids is 1. The first-order valence-corrected chi connectivity index (χ1v) is 6.92. The Morgan fingerprint density at radius 2 is 1.95 bits per heavy atom. The molecule has 0 saturated heterocycles. The van der Waals surface area contributed by atoms with Crippen LogP contribution < -0.4 is 5.73 Å². The minimum Gasteiger partial charge on any atom is -0.507 e. The lowest BCUT2D eigenvalue weighted by atomic mass is 10.1. The van der Waals surface area contributed by atoms with Gasteiger partial charge in [0, 0.05) is 29.3 Å². The van der Waals surface area contributed by atoms with Crippen LogP contribution in [0.2, 0.25) is 10.0 Å². The predicted molar refractivity (Wildman–Crippen MR) is 84.8 cm³/mol. The van der Waals surface area contributed by atoms with Gasteiger partial charge in [-0.3, -0.25) is 4.79 Å². The van der Waals surface area contributed by atoms with E-state index >= 15 is 0 Å². The Morgan fingerprint density at radius 1 is 1.24 bits per heavy atom. The molecule has 21 heavy (non-hydrogen) atoms. The molecule has 4 nitrogen and oxygen atoms in total. The molecule has 3 N–H and O–H groups in total. The van der Waals surface area contributed by atoms with Gasteiger partial charge in [0.05, 0.1) is 5.56 Å². The monoisotopic (exact) mass is 324 g/mol. The van der Waals surface area contributed by atoms with Gasteiger partial charge in [-0.15, -0.1) is 0 Å². The molecule has 0 aliphatic heterocycles. The summed E-state index contributed by atoms with van der Waals surface area (Å²) >= 11 is 11.9. The molecule has 0 atom stereocenters. The van der Waals surface area contributed by atoms with E-state index in [0.29, 0.717) is 15.7 Å². The van der Waals surface area contributed by atoms with Crippen LogP contribution in [0.15, 0.2) is 36.4 Å². The minimum absolute atomic E-state index is 0.116. The van der Waals surface area contributed by atoms with Crippen LogP contribution in [0, 0.1) is 0 Å². The van der Waals surface area contributed by atoms with Gasteiger partial charge in [0.1, 0.15) is 5.75 Å². The molecule has 0 heterocycles. The molecule has 1 amide bonds. The first-order chi connectivity index (χ1) is 9.88. The van der Waals surface area contributed by atoms with Crippen molar-refractivity contribution in [3.05, 3.63) is 57.6 Å². The maximum Gasteiger partial charge on any atom is 0.257 e. The van der Waals surface area contributed by atoms with Crippen LogP contribution in [0.4, 0.5) is 5.69 Å². The number of amides is 1. The number of rotatable bonds is 3. The Labute approximate surface area is 132 Å². The second-order valence-corrected chi connectivity index (χ2v) is 5.52. The summed E-state index contributed by atoms with van der Waals surface area (Å²) in [7, 11) is 1.61. The lowest BCUT2D eigenvalue weighted by molar-refractivity contribution is 0.0782. The number of halogens is 2. The van der Waals surface area contributed by atoms with E-state index in [0.717, 1.165) is 5.56 Å². The van der Waals surface area contributed by atoms with Crippen LogP contribution in [0.3, 0.4) is 0 Å². The van der Waals surface area contributed by atoms with E-state index in [2.05, 4.69) is 0 Å². The fraction of sp³-hybridized carbons (Fsp3) is 0.133. The second kappa shape index (κ2) is 6.24. The summed E-state index contributed by atoms with van der Waals surface area (Å²) in [6, 6.07) is 9.41. The number of hydrogen-bond donors (Lipinski definition) is 2. The number of nitrogens with two attached hydrogens (primary N) is 1. The van der Waals surface area contributed by atoms with Crippen molar-refractivity contribution in [2.45, 2.75) is 6.54 Å². The standard InChI is InChI=1S/C15H14Cl2N2O2/c1-19(8-9-6-11(18)3-4-13(9)17)15(21)12-7-10(16)2-5-14(12)20/h2-7,20H,8,18H2,1H3. The first-order valence-electron chi connectivity index (χ1n) is 6.16. The van der Waals surface area contributed by atoms with Crippen molar-refractivity contribution in [3.8, 4) is 5.75 Å². The maximum absolute atomic E-state index is 12.4. The quantitative estimate of drug-likeness (QED) is 0.848. The van der Waals surface area contributed by atoms with Crippen LogP contribution in [0.5, 0.6) is 5.75 Å². The molecular formula is C15H14Cl2N2O2. The fourth-order valence-electron chi connectivity index (χ4n) is 1.93. The minimum atomic E-state index is -0.353. The number of aromatic hydroxyl groups is 1. The number of anilines is 1. The summed E-state index contributed by atoms with van der Waals surface area (Å²) in [5.41, 5.74) is 7.16. The van der Waals surface area contributed by atoms with Crippen LogP contribution in [-0.2, 0) is 6.54 Å². The number of nitrogens with zero attached hydrogens (tertiary/aromatic N) is 1. The summed E-state index contributed by atoms with van der Waals surface area (Å²) in [6.07, 6.45) is 0. The molecule has 2 aromatic rings. The number of benzene rings is 2. The van der Waals surface area contributed by atoms with Crippen molar-refractivity contribution in [2.24, 2.45) is 0 Å². The molecule has 0 spiro atoms. The highest BCUT2D eigenvalue weighted by Gasteiger charge is 2.17. The van der Waals surface area contributed by atoms with E-state index in [1.54, 1.807) is 25.2 Å². The van der Waals surface area contributed by atoms with Crippen molar-refractivity contribution in [3.63, 3.8) is 0 Å². The van der Waals surface area contributed by atoms with Gasteiger partial charge in [-0.1, -0.05) is 23.2 Å². The lowest BCUT2D eigenvalue weighted by Crippen LogP contribution is -2.26. The van der Waals surface area contributed by atoms with Gasteiger partial charge in [-0.25, -0.2) is 0 Å². The Balaban J connectivity index is 2.23. The Kier molecular flexibility index (Phi) is 4.60. The lowest BCUT2D eigenvalue weighted by Gasteiger charge is -2.19. The van der Waals surface area contributed by atoms with Crippen LogP contribution in [0.1, 0.15) is 15.9 Å². The molecular weight excluding hydrogens is 311 g/mol. The zero-order valence-electron chi connectivity index (χ0n) is 11.3. The molecule has 0 saturated carbocycles. The summed E-state index contributed by atoms with van der Waals surface area (Å²) in [4.78, 5) is 13.8. The third-order valence-corrected chi connectivity index (χ3v) is 3.62. The number of phenolic OH excluding ortho intramolecular Hbond substituents is 1. The summed E-state index contributed by atoms with van der Waals surface area (Å²) in [6.45, 7) is 0.272. The smallest absolute Gasteiger partial charge is 0.257 e.